The topological polar surface area (TPSA) is 108 Å². The summed E-state index contributed by atoms with van der Waals surface area (Å²) >= 11 is 1.54. The fourth-order valence-corrected chi connectivity index (χ4v) is 2.69. The third-order valence-electron chi connectivity index (χ3n) is 3.20. The van der Waals surface area contributed by atoms with Gasteiger partial charge in [-0.1, -0.05) is 6.07 Å². The standard InChI is InChI=1S/C16H16N2O6S/c1-23-11-4-6-13(14(9-11)18(21)22)17-15(19)10-24-16(20)7-5-12-3-2-8-25-12/h2-4,6,8-9H,5,7,10H2,1H3,(H,17,19). The van der Waals surface area contributed by atoms with Crippen LogP contribution in [-0.4, -0.2) is 30.5 Å². The molecule has 2 rings (SSSR count). The zero-order chi connectivity index (χ0) is 18.2. The van der Waals surface area contributed by atoms with Crippen LogP contribution in [0.15, 0.2) is 35.7 Å². The maximum Gasteiger partial charge on any atom is 0.306 e. The Labute approximate surface area is 147 Å². The van der Waals surface area contributed by atoms with Gasteiger partial charge in [-0.3, -0.25) is 19.7 Å². The lowest BCUT2D eigenvalue weighted by atomic mass is 10.2. The molecule has 0 saturated heterocycles. The highest BCUT2D eigenvalue weighted by atomic mass is 32.1. The normalized spacial score (nSPS) is 10.1. The van der Waals surface area contributed by atoms with E-state index in [9.17, 15) is 19.7 Å². The van der Waals surface area contributed by atoms with Crippen molar-refractivity contribution in [1.29, 1.82) is 0 Å². The summed E-state index contributed by atoms with van der Waals surface area (Å²) in [5, 5.41) is 15.3. The Morgan fingerprint density at radius 1 is 1.32 bits per heavy atom. The molecule has 0 aliphatic heterocycles. The third kappa shape index (κ3) is 5.57. The summed E-state index contributed by atoms with van der Waals surface area (Å²) < 4.78 is 9.79. The van der Waals surface area contributed by atoms with E-state index in [-0.39, 0.29) is 17.8 Å². The summed E-state index contributed by atoms with van der Waals surface area (Å²) in [5.41, 5.74) is -0.304. The average Bonchev–Trinajstić information content (AvgIpc) is 3.11. The second-order valence-corrected chi connectivity index (χ2v) is 5.96. The van der Waals surface area contributed by atoms with E-state index >= 15 is 0 Å². The first-order valence-corrected chi connectivity index (χ1v) is 8.18. The zero-order valence-corrected chi connectivity index (χ0v) is 14.2. The van der Waals surface area contributed by atoms with Crippen LogP contribution in [0, 0.1) is 10.1 Å². The summed E-state index contributed by atoms with van der Waals surface area (Å²) in [6.07, 6.45) is 0.707. The van der Waals surface area contributed by atoms with Crippen molar-refractivity contribution in [3.05, 3.63) is 50.7 Å². The number of carbonyl (C=O) groups excluding carboxylic acids is 2. The van der Waals surface area contributed by atoms with Gasteiger partial charge in [0.2, 0.25) is 0 Å². The predicted octanol–water partition coefficient (Wildman–Crippen LogP) is 2.78. The number of ether oxygens (including phenoxy) is 2. The molecule has 132 valence electrons. The highest BCUT2D eigenvalue weighted by Crippen LogP contribution is 2.28. The molecule has 8 nitrogen and oxygen atoms in total. The number of nitrogens with one attached hydrogen (secondary N) is 1. The maximum atomic E-state index is 11.8. The monoisotopic (exact) mass is 364 g/mol. The van der Waals surface area contributed by atoms with Crippen LogP contribution in [0.2, 0.25) is 0 Å². The van der Waals surface area contributed by atoms with Gasteiger partial charge in [-0.05, 0) is 30.0 Å². The van der Waals surface area contributed by atoms with E-state index in [1.807, 2.05) is 17.5 Å². The molecule has 9 heteroatoms. The number of hydrogen-bond donors (Lipinski definition) is 1. The molecule has 0 aliphatic rings. The Hall–Kier alpha value is -2.94. The number of nitro benzene ring substituents is 1. The predicted molar refractivity (Wildman–Crippen MR) is 91.9 cm³/mol. The van der Waals surface area contributed by atoms with Crippen molar-refractivity contribution >= 4 is 34.6 Å². The van der Waals surface area contributed by atoms with Crippen molar-refractivity contribution in [2.45, 2.75) is 12.8 Å². The van der Waals surface area contributed by atoms with Gasteiger partial charge >= 0.3 is 5.97 Å². The van der Waals surface area contributed by atoms with Crippen molar-refractivity contribution in [3.63, 3.8) is 0 Å². The molecule has 0 bridgehead atoms. The highest BCUT2D eigenvalue weighted by Gasteiger charge is 2.18. The van der Waals surface area contributed by atoms with E-state index in [2.05, 4.69) is 5.32 Å². The Kier molecular flexibility index (Phi) is 6.47. The van der Waals surface area contributed by atoms with Crippen molar-refractivity contribution < 1.29 is 24.0 Å². The summed E-state index contributed by atoms with van der Waals surface area (Å²) in [4.78, 5) is 34.9. The van der Waals surface area contributed by atoms with Gasteiger partial charge in [0.15, 0.2) is 6.61 Å². The van der Waals surface area contributed by atoms with Crippen LogP contribution in [0.4, 0.5) is 11.4 Å². The summed E-state index contributed by atoms with van der Waals surface area (Å²) in [7, 11) is 1.38. The molecule has 0 atom stereocenters. The quantitative estimate of drug-likeness (QED) is 0.438. The second kappa shape index (κ2) is 8.78. The van der Waals surface area contributed by atoms with Gasteiger partial charge in [-0.25, -0.2) is 0 Å². The molecule has 1 amide bonds. The number of esters is 1. The molecule has 1 heterocycles. The van der Waals surface area contributed by atoms with Gasteiger partial charge in [0.05, 0.1) is 24.5 Å². The lowest BCUT2D eigenvalue weighted by molar-refractivity contribution is -0.384. The van der Waals surface area contributed by atoms with Crippen LogP contribution in [0.25, 0.3) is 0 Å². The lowest BCUT2D eigenvalue weighted by Gasteiger charge is -2.08. The molecule has 25 heavy (non-hydrogen) atoms. The number of anilines is 1. The molecule has 0 unspecified atom stereocenters. The van der Waals surface area contributed by atoms with E-state index in [0.717, 1.165) is 4.88 Å². The van der Waals surface area contributed by atoms with Crippen LogP contribution in [0.5, 0.6) is 5.75 Å². The van der Waals surface area contributed by atoms with Gasteiger partial charge in [0, 0.05) is 4.88 Å². The number of amides is 1. The minimum absolute atomic E-state index is 0.00503. The molecule has 0 saturated carbocycles. The SMILES string of the molecule is COc1ccc(NC(=O)COC(=O)CCc2cccs2)c([N+](=O)[O-])c1. The number of thiophene rings is 1. The number of rotatable bonds is 8. The number of methoxy groups -OCH3 is 1. The van der Waals surface area contributed by atoms with Crippen LogP contribution in [0.1, 0.15) is 11.3 Å². The van der Waals surface area contributed by atoms with Crippen molar-refractivity contribution in [1.82, 2.24) is 0 Å². The Bertz CT molecular complexity index is 760. The van der Waals surface area contributed by atoms with Crippen LogP contribution >= 0.6 is 11.3 Å². The fraction of sp³-hybridized carbons (Fsp3) is 0.250. The van der Waals surface area contributed by atoms with Crippen LogP contribution < -0.4 is 10.1 Å². The van der Waals surface area contributed by atoms with Gasteiger partial charge in [0.1, 0.15) is 11.4 Å². The van der Waals surface area contributed by atoms with Crippen molar-refractivity contribution in [2.24, 2.45) is 0 Å². The number of benzene rings is 1. The van der Waals surface area contributed by atoms with Gasteiger partial charge in [-0.15, -0.1) is 11.3 Å². The average molecular weight is 364 g/mol. The molecule has 0 aliphatic carbocycles. The molecule has 1 aromatic heterocycles. The molecule has 1 aromatic carbocycles. The zero-order valence-electron chi connectivity index (χ0n) is 13.4. The van der Waals surface area contributed by atoms with E-state index in [0.29, 0.717) is 12.2 Å². The molecule has 0 radical (unpaired) electrons. The Morgan fingerprint density at radius 3 is 2.76 bits per heavy atom. The molecule has 0 fully saturated rings. The van der Waals surface area contributed by atoms with Gasteiger partial charge in [-0.2, -0.15) is 0 Å². The molecule has 2 aromatic rings. The number of hydrogen-bond acceptors (Lipinski definition) is 7. The Balaban J connectivity index is 1.85. The molecule has 1 N–H and O–H groups in total. The lowest BCUT2D eigenvalue weighted by Crippen LogP contribution is -2.21. The minimum Gasteiger partial charge on any atom is -0.496 e. The maximum absolute atomic E-state index is 11.8. The smallest absolute Gasteiger partial charge is 0.306 e. The van der Waals surface area contributed by atoms with E-state index < -0.39 is 23.4 Å². The van der Waals surface area contributed by atoms with Crippen molar-refractivity contribution in [3.8, 4) is 5.75 Å². The number of aryl methyl sites for hydroxylation is 1. The minimum atomic E-state index is -0.655. The molecular weight excluding hydrogens is 348 g/mol. The van der Waals surface area contributed by atoms with Crippen LogP contribution in [0.3, 0.4) is 0 Å². The van der Waals surface area contributed by atoms with E-state index in [1.54, 1.807) is 0 Å². The first kappa shape index (κ1) is 18.4. The Morgan fingerprint density at radius 2 is 2.12 bits per heavy atom. The number of nitrogens with zero attached hydrogens (tertiary/aromatic N) is 1. The van der Waals surface area contributed by atoms with Gasteiger partial charge < -0.3 is 14.8 Å². The fourth-order valence-electron chi connectivity index (χ4n) is 1.98. The molecule has 0 spiro atoms. The summed E-state index contributed by atoms with van der Waals surface area (Å²) in [5.74, 6) is -0.866. The first-order chi connectivity index (χ1) is 12.0. The largest absolute Gasteiger partial charge is 0.496 e. The summed E-state index contributed by atoms with van der Waals surface area (Å²) in [6, 6.07) is 7.83. The van der Waals surface area contributed by atoms with Gasteiger partial charge in [0.25, 0.3) is 11.6 Å². The number of carbonyl (C=O) groups is 2. The van der Waals surface area contributed by atoms with Crippen LogP contribution in [-0.2, 0) is 20.7 Å². The first-order valence-electron chi connectivity index (χ1n) is 7.30. The highest BCUT2D eigenvalue weighted by molar-refractivity contribution is 7.09. The third-order valence-corrected chi connectivity index (χ3v) is 4.13. The molecular formula is C16H16N2O6S. The second-order valence-electron chi connectivity index (χ2n) is 4.93. The van der Waals surface area contributed by atoms with Crippen molar-refractivity contribution in [2.75, 3.05) is 19.0 Å². The summed E-state index contributed by atoms with van der Waals surface area (Å²) in [6.45, 7) is -0.507. The van der Waals surface area contributed by atoms with E-state index in [1.165, 1.54) is 36.6 Å². The number of nitro groups is 1. The van der Waals surface area contributed by atoms with E-state index in [4.69, 9.17) is 9.47 Å².